The highest BCUT2D eigenvalue weighted by Gasteiger charge is 2.38. The molecule has 128 valence electrons. The molecule has 24 heavy (non-hydrogen) atoms. The largest absolute Gasteiger partial charge is 0.478 e. The minimum absolute atomic E-state index is 0.0139. The number of aliphatic imine (C=N–C) groups is 1. The van der Waals surface area contributed by atoms with Crippen LogP contribution in [0.15, 0.2) is 29.3 Å². The second-order valence-corrected chi connectivity index (χ2v) is 6.25. The van der Waals surface area contributed by atoms with Gasteiger partial charge in [0.05, 0.1) is 5.56 Å². The summed E-state index contributed by atoms with van der Waals surface area (Å²) in [5, 5.41) is 11.7. The molecule has 1 aromatic carbocycles. The smallest absolute Gasteiger partial charge is 0.335 e. The van der Waals surface area contributed by atoms with E-state index in [-0.39, 0.29) is 23.8 Å². The SMILES string of the molecule is CCN=C1SC(CC(=O)Nc2cccc(C(=O)O)c2)C(=O)N1CC. The van der Waals surface area contributed by atoms with Crippen LogP contribution >= 0.6 is 11.8 Å². The number of anilines is 1. The molecule has 1 atom stereocenters. The van der Waals surface area contributed by atoms with Gasteiger partial charge in [0.15, 0.2) is 5.17 Å². The van der Waals surface area contributed by atoms with Crippen LogP contribution in [-0.2, 0) is 9.59 Å². The Morgan fingerprint density at radius 3 is 2.75 bits per heavy atom. The van der Waals surface area contributed by atoms with Gasteiger partial charge >= 0.3 is 5.97 Å². The fraction of sp³-hybridized carbons (Fsp3) is 0.375. The summed E-state index contributed by atoms with van der Waals surface area (Å²) in [7, 11) is 0. The molecule has 1 saturated heterocycles. The average molecular weight is 349 g/mol. The molecule has 1 unspecified atom stereocenters. The van der Waals surface area contributed by atoms with E-state index >= 15 is 0 Å². The van der Waals surface area contributed by atoms with Crippen LogP contribution < -0.4 is 5.32 Å². The van der Waals surface area contributed by atoms with Crippen molar-refractivity contribution in [2.75, 3.05) is 18.4 Å². The van der Waals surface area contributed by atoms with Gasteiger partial charge in [0.1, 0.15) is 5.25 Å². The first-order valence-electron chi connectivity index (χ1n) is 7.62. The van der Waals surface area contributed by atoms with Crippen molar-refractivity contribution < 1.29 is 19.5 Å². The van der Waals surface area contributed by atoms with E-state index < -0.39 is 11.2 Å². The van der Waals surface area contributed by atoms with E-state index in [4.69, 9.17) is 5.11 Å². The van der Waals surface area contributed by atoms with Crippen LogP contribution in [0.1, 0.15) is 30.6 Å². The number of carbonyl (C=O) groups is 3. The van der Waals surface area contributed by atoms with Gasteiger partial charge in [0.25, 0.3) is 0 Å². The predicted octanol–water partition coefficient (Wildman–Crippen LogP) is 2.05. The van der Waals surface area contributed by atoms with E-state index in [1.165, 1.54) is 23.9 Å². The number of amides is 2. The molecule has 0 bridgehead atoms. The molecule has 1 aliphatic heterocycles. The van der Waals surface area contributed by atoms with Crippen LogP contribution in [0.4, 0.5) is 5.69 Å². The molecule has 1 fully saturated rings. The van der Waals surface area contributed by atoms with Crippen molar-refractivity contribution in [1.29, 1.82) is 0 Å². The number of nitrogens with zero attached hydrogens (tertiary/aromatic N) is 2. The second kappa shape index (κ2) is 7.96. The zero-order valence-electron chi connectivity index (χ0n) is 13.5. The fourth-order valence-electron chi connectivity index (χ4n) is 2.30. The van der Waals surface area contributed by atoms with Crippen molar-refractivity contribution >= 4 is 40.4 Å². The number of hydrogen-bond donors (Lipinski definition) is 2. The normalized spacial score (nSPS) is 18.9. The number of rotatable bonds is 6. The van der Waals surface area contributed by atoms with Gasteiger partial charge in [-0.15, -0.1) is 0 Å². The van der Waals surface area contributed by atoms with Crippen LogP contribution in [0.3, 0.4) is 0 Å². The standard InChI is InChI=1S/C16H19N3O4S/c1-3-17-16-19(4-2)14(21)12(24-16)9-13(20)18-11-7-5-6-10(8-11)15(22)23/h5-8,12H,3-4,9H2,1-2H3,(H,18,20)(H,22,23). The molecule has 0 saturated carbocycles. The Labute approximate surface area is 144 Å². The Morgan fingerprint density at radius 2 is 2.12 bits per heavy atom. The number of thioether (sulfide) groups is 1. The third kappa shape index (κ3) is 4.14. The zero-order valence-corrected chi connectivity index (χ0v) is 14.3. The number of nitrogens with one attached hydrogen (secondary N) is 1. The molecule has 2 amide bonds. The summed E-state index contributed by atoms with van der Waals surface area (Å²) in [6.07, 6.45) is 0.0139. The van der Waals surface area contributed by atoms with Crippen molar-refractivity contribution in [2.45, 2.75) is 25.5 Å². The Balaban J connectivity index is 2.02. The minimum Gasteiger partial charge on any atom is -0.478 e. The number of amidine groups is 1. The summed E-state index contributed by atoms with van der Waals surface area (Å²) in [4.78, 5) is 41.3. The lowest BCUT2D eigenvalue weighted by Gasteiger charge is -2.13. The number of carbonyl (C=O) groups excluding carboxylic acids is 2. The fourth-order valence-corrected chi connectivity index (χ4v) is 3.56. The minimum atomic E-state index is -1.06. The second-order valence-electron chi connectivity index (χ2n) is 5.08. The number of benzene rings is 1. The van der Waals surface area contributed by atoms with Gasteiger partial charge in [-0.3, -0.25) is 19.5 Å². The summed E-state index contributed by atoms with van der Waals surface area (Å²) < 4.78 is 0. The molecule has 8 heteroatoms. The Bertz CT molecular complexity index is 690. The number of hydrogen-bond acceptors (Lipinski definition) is 5. The van der Waals surface area contributed by atoms with E-state index in [1.54, 1.807) is 17.0 Å². The van der Waals surface area contributed by atoms with Gasteiger partial charge < -0.3 is 10.4 Å². The predicted molar refractivity (Wildman–Crippen MR) is 93.4 cm³/mol. The number of aromatic carboxylic acids is 1. The van der Waals surface area contributed by atoms with E-state index in [1.807, 2.05) is 13.8 Å². The maximum absolute atomic E-state index is 12.3. The third-order valence-electron chi connectivity index (χ3n) is 3.39. The molecule has 0 aliphatic carbocycles. The van der Waals surface area contributed by atoms with E-state index in [9.17, 15) is 14.4 Å². The van der Waals surface area contributed by atoms with Crippen molar-refractivity contribution in [3.63, 3.8) is 0 Å². The molecule has 1 heterocycles. The number of carboxylic acid groups (broad SMARTS) is 1. The topological polar surface area (TPSA) is 99.1 Å². The molecule has 0 spiro atoms. The lowest BCUT2D eigenvalue weighted by Crippen LogP contribution is -2.33. The highest BCUT2D eigenvalue weighted by molar-refractivity contribution is 8.15. The van der Waals surface area contributed by atoms with Crippen LogP contribution in [0.5, 0.6) is 0 Å². The molecule has 2 rings (SSSR count). The molecule has 1 aliphatic rings. The molecular formula is C16H19N3O4S. The Morgan fingerprint density at radius 1 is 1.38 bits per heavy atom. The van der Waals surface area contributed by atoms with E-state index in [0.717, 1.165) is 0 Å². The van der Waals surface area contributed by atoms with Crippen molar-refractivity contribution in [2.24, 2.45) is 4.99 Å². The highest BCUT2D eigenvalue weighted by atomic mass is 32.2. The van der Waals surface area contributed by atoms with Crippen LogP contribution in [0.2, 0.25) is 0 Å². The summed E-state index contributed by atoms with van der Waals surface area (Å²) in [6.45, 7) is 4.85. The third-order valence-corrected chi connectivity index (χ3v) is 4.61. The average Bonchev–Trinajstić information content (AvgIpc) is 2.83. The molecule has 0 radical (unpaired) electrons. The van der Waals surface area contributed by atoms with Gasteiger partial charge in [-0.2, -0.15) is 0 Å². The lowest BCUT2D eigenvalue weighted by atomic mass is 10.2. The number of carboxylic acids is 1. The Kier molecular flexibility index (Phi) is 5.97. The van der Waals surface area contributed by atoms with Crippen molar-refractivity contribution in [3.05, 3.63) is 29.8 Å². The zero-order chi connectivity index (χ0) is 17.7. The summed E-state index contributed by atoms with van der Waals surface area (Å²) in [5.41, 5.74) is 0.485. The maximum Gasteiger partial charge on any atom is 0.335 e. The highest BCUT2D eigenvalue weighted by Crippen LogP contribution is 2.29. The van der Waals surface area contributed by atoms with E-state index in [2.05, 4.69) is 10.3 Å². The first-order chi connectivity index (χ1) is 11.5. The van der Waals surface area contributed by atoms with Crippen LogP contribution in [0, 0.1) is 0 Å². The van der Waals surface area contributed by atoms with Gasteiger partial charge in [0.2, 0.25) is 11.8 Å². The van der Waals surface area contributed by atoms with E-state index in [0.29, 0.717) is 23.9 Å². The first kappa shape index (κ1) is 18.0. The molecule has 0 aromatic heterocycles. The molecule has 2 N–H and O–H groups in total. The van der Waals surface area contributed by atoms with Gasteiger partial charge in [-0.05, 0) is 32.0 Å². The van der Waals surface area contributed by atoms with Gasteiger partial charge in [-0.25, -0.2) is 4.79 Å². The lowest BCUT2D eigenvalue weighted by molar-refractivity contribution is -0.128. The molecule has 1 aromatic rings. The van der Waals surface area contributed by atoms with Crippen molar-refractivity contribution in [3.8, 4) is 0 Å². The first-order valence-corrected chi connectivity index (χ1v) is 8.49. The van der Waals surface area contributed by atoms with Crippen molar-refractivity contribution in [1.82, 2.24) is 4.90 Å². The van der Waals surface area contributed by atoms with Crippen LogP contribution in [0.25, 0.3) is 0 Å². The summed E-state index contributed by atoms with van der Waals surface area (Å²) in [5.74, 6) is -1.52. The quantitative estimate of drug-likeness (QED) is 0.819. The van der Waals surface area contributed by atoms with Crippen LogP contribution in [-0.4, -0.2) is 51.3 Å². The summed E-state index contributed by atoms with van der Waals surface area (Å²) in [6, 6.07) is 5.99. The maximum atomic E-state index is 12.3. The molecule has 7 nitrogen and oxygen atoms in total. The summed E-state index contributed by atoms with van der Waals surface area (Å²) >= 11 is 1.29. The van der Waals surface area contributed by atoms with Gasteiger partial charge in [0, 0.05) is 25.2 Å². The Hall–Kier alpha value is -2.35. The monoisotopic (exact) mass is 349 g/mol. The molecular weight excluding hydrogens is 330 g/mol. The van der Waals surface area contributed by atoms with Gasteiger partial charge in [-0.1, -0.05) is 17.8 Å².